The number of alkyl halides is 3. The van der Waals surface area contributed by atoms with Crippen LogP contribution in [0.1, 0.15) is 43.2 Å². The molecule has 0 aromatic heterocycles. The molecule has 152 valence electrons. The van der Waals surface area contributed by atoms with Gasteiger partial charge in [-0.1, -0.05) is 24.6 Å². The first kappa shape index (κ1) is 22.0. The van der Waals surface area contributed by atoms with E-state index in [1.807, 2.05) is 0 Å². The van der Waals surface area contributed by atoms with E-state index in [1.54, 1.807) is 6.07 Å². The maximum atomic E-state index is 13.0. The Morgan fingerprint density at radius 1 is 1.30 bits per heavy atom. The lowest BCUT2D eigenvalue weighted by atomic mass is 9.64. The standard InChI is InChI=1S/C19H25F3N2O2.ClH/c20-19(21,22)15-4-1-3-14(11-15)18(7-2-8-18)12-24-17(25)16(23)13-5-9-26-10-6-13;/h1,3-4,11,13,16H,2,5-10,12,23H2,(H,24,25);1H. The Bertz CT molecular complexity index is 644. The zero-order chi connectivity index (χ0) is 18.8. The molecule has 0 spiro atoms. The minimum absolute atomic E-state index is 0. The largest absolute Gasteiger partial charge is 0.416 e. The summed E-state index contributed by atoms with van der Waals surface area (Å²) in [7, 11) is 0. The number of rotatable bonds is 5. The fraction of sp³-hybridized carbons (Fsp3) is 0.632. The van der Waals surface area contributed by atoms with Gasteiger partial charge in [-0.25, -0.2) is 0 Å². The van der Waals surface area contributed by atoms with E-state index in [4.69, 9.17) is 10.5 Å². The second-order valence-corrected chi connectivity index (χ2v) is 7.41. The van der Waals surface area contributed by atoms with E-state index in [2.05, 4.69) is 5.32 Å². The van der Waals surface area contributed by atoms with Crippen LogP contribution in [0.25, 0.3) is 0 Å². The molecule has 4 nitrogen and oxygen atoms in total. The summed E-state index contributed by atoms with van der Waals surface area (Å²) in [4.78, 5) is 12.4. The fourth-order valence-corrected chi connectivity index (χ4v) is 3.86. The van der Waals surface area contributed by atoms with Gasteiger partial charge in [0.1, 0.15) is 0 Å². The smallest absolute Gasteiger partial charge is 0.381 e. The Hall–Kier alpha value is -1.31. The number of hydrogen-bond acceptors (Lipinski definition) is 3. The fourth-order valence-electron chi connectivity index (χ4n) is 3.86. The van der Waals surface area contributed by atoms with Crippen molar-refractivity contribution in [2.75, 3.05) is 19.8 Å². The van der Waals surface area contributed by atoms with E-state index in [0.717, 1.165) is 38.2 Å². The zero-order valence-corrected chi connectivity index (χ0v) is 15.9. The predicted octanol–water partition coefficient (Wildman–Crippen LogP) is 3.42. The second kappa shape index (κ2) is 8.80. The molecule has 0 radical (unpaired) electrons. The Morgan fingerprint density at radius 3 is 2.52 bits per heavy atom. The monoisotopic (exact) mass is 406 g/mol. The van der Waals surface area contributed by atoms with Crippen molar-refractivity contribution >= 4 is 18.3 Å². The summed E-state index contributed by atoms with van der Waals surface area (Å²) in [5.74, 6) is -0.134. The number of amides is 1. The molecule has 8 heteroatoms. The summed E-state index contributed by atoms with van der Waals surface area (Å²) in [6, 6.07) is 4.85. The molecule has 3 N–H and O–H groups in total. The van der Waals surface area contributed by atoms with Crippen LogP contribution in [0, 0.1) is 5.92 Å². The summed E-state index contributed by atoms with van der Waals surface area (Å²) < 4.78 is 44.3. The van der Waals surface area contributed by atoms with Crippen LogP contribution in [0.4, 0.5) is 13.2 Å². The predicted molar refractivity (Wildman–Crippen MR) is 98.7 cm³/mol. The second-order valence-electron chi connectivity index (χ2n) is 7.41. The lowest BCUT2D eigenvalue weighted by Crippen LogP contribution is -2.52. The van der Waals surface area contributed by atoms with Crippen LogP contribution in [-0.2, 0) is 21.1 Å². The number of nitrogens with two attached hydrogens (primary N) is 1. The number of hydrogen-bond donors (Lipinski definition) is 2. The minimum Gasteiger partial charge on any atom is -0.381 e. The van der Waals surface area contributed by atoms with Gasteiger partial charge in [0.05, 0.1) is 11.6 Å². The number of halogens is 4. The molecule has 1 aromatic rings. The van der Waals surface area contributed by atoms with Crippen LogP contribution in [0.3, 0.4) is 0 Å². The highest BCUT2D eigenvalue weighted by molar-refractivity contribution is 5.85. The van der Waals surface area contributed by atoms with Gasteiger partial charge in [-0.15, -0.1) is 12.4 Å². The average molecular weight is 407 g/mol. The molecule has 3 rings (SSSR count). The Morgan fingerprint density at radius 2 is 1.96 bits per heavy atom. The summed E-state index contributed by atoms with van der Waals surface area (Å²) in [5.41, 5.74) is 5.65. The van der Waals surface area contributed by atoms with Crippen molar-refractivity contribution in [1.82, 2.24) is 5.32 Å². The van der Waals surface area contributed by atoms with Crippen LogP contribution < -0.4 is 11.1 Å². The van der Waals surface area contributed by atoms with Crippen molar-refractivity contribution in [3.8, 4) is 0 Å². The van der Waals surface area contributed by atoms with Crippen LogP contribution in [0.2, 0.25) is 0 Å². The lowest BCUT2D eigenvalue weighted by Gasteiger charge is -2.43. The van der Waals surface area contributed by atoms with Gasteiger partial charge >= 0.3 is 6.18 Å². The average Bonchev–Trinajstić information content (AvgIpc) is 2.60. The van der Waals surface area contributed by atoms with Gasteiger partial charge in [0.2, 0.25) is 5.91 Å². The van der Waals surface area contributed by atoms with Gasteiger partial charge in [0.15, 0.2) is 0 Å². The number of carbonyl (C=O) groups excluding carboxylic acids is 1. The SMILES string of the molecule is Cl.NC(C(=O)NCC1(c2cccc(C(F)(F)F)c2)CCC1)C1CCOCC1. The number of benzene rings is 1. The third-order valence-corrected chi connectivity index (χ3v) is 5.79. The van der Waals surface area contributed by atoms with Crippen LogP contribution >= 0.6 is 12.4 Å². The summed E-state index contributed by atoms with van der Waals surface area (Å²) >= 11 is 0. The van der Waals surface area contributed by atoms with Crippen molar-refractivity contribution in [3.05, 3.63) is 35.4 Å². The highest BCUT2D eigenvalue weighted by Gasteiger charge is 2.41. The number of nitrogens with one attached hydrogen (secondary N) is 1. The van der Waals surface area contributed by atoms with Gasteiger partial charge in [0.25, 0.3) is 0 Å². The molecular formula is C19H26ClF3N2O2. The molecule has 1 unspecified atom stereocenters. The molecule has 1 saturated heterocycles. The molecule has 1 heterocycles. The van der Waals surface area contributed by atoms with E-state index in [9.17, 15) is 18.0 Å². The van der Waals surface area contributed by atoms with Crippen LogP contribution in [0.15, 0.2) is 24.3 Å². The Balaban J connectivity index is 0.00000261. The first-order valence-corrected chi connectivity index (χ1v) is 9.11. The van der Waals surface area contributed by atoms with E-state index >= 15 is 0 Å². The van der Waals surface area contributed by atoms with Crippen molar-refractivity contribution < 1.29 is 22.7 Å². The van der Waals surface area contributed by atoms with Crippen molar-refractivity contribution in [2.45, 2.75) is 49.7 Å². The number of ether oxygens (including phenoxy) is 1. The topological polar surface area (TPSA) is 64.4 Å². The third kappa shape index (κ3) is 4.95. The molecule has 1 saturated carbocycles. The molecule has 2 aliphatic rings. The highest BCUT2D eigenvalue weighted by atomic mass is 35.5. The molecule has 1 atom stereocenters. The molecule has 1 aliphatic carbocycles. The van der Waals surface area contributed by atoms with Gasteiger partial charge in [-0.3, -0.25) is 4.79 Å². The Kier molecular flexibility index (Phi) is 7.16. The first-order valence-electron chi connectivity index (χ1n) is 9.11. The third-order valence-electron chi connectivity index (χ3n) is 5.79. The summed E-state index contributed by atoms with van der Waals surface area (Å²) in [5, 5.41) is 2.89. The molecule has 1 aromatic carbocycles. The van der Waals surface area contributed by atoms with Crippen molar-refractivity contribution in [3.63, 3.8) is 0 Å². The maximum absolute atomic E-state index is 13.0. The molecule has 1 aliphatic heterocycles. The van der Waals surface area contributed by atoms with Gasteiger partial charge in [-0.05, 0) is 43.2 Å². The normalized spacial score (nSPS) is 20.9. The molecule has 1 amide bonds. The molecule has 2 fully saturated rings. The highest BCUT2D eigenvalue weighted by Crippen LogP contribution is 2.44. The van der Waals surface area contributed by atoms with Gasteiger partial charge < -0.3 is 15.8 Å². The zero-order valence-electron chi connectivity index (χ0n) is 15.1. The first-order chi connectivity index (χ1) is 12.3. The van der Waals surface area contributed by atoms with E-state index < -0.39 is 23.2 Å². The maximum Gasteiger partial charge on any atom is 0.416 e. The summed E-state index contributed by atoms with van der Waals surface area (Å²) in [6.07, 6.45) is -0.378. The summed E-state index contributed by atoms with van der Waals surface area (Å²) in [6.45, 7) is 1.55. The Labute approximate surface area is 163 Å². The van der Waals surface area contributed by atoms with E-state index in [-0.39, 0.29) is 24.2 Å². The van der Waals surface area contributed by atoms with E-state index in [0.29, 0.717) is 25.3 Å². The molecular weight excluding hydrogens is 381 g/mol. The van der Waals surface area contributed by atoms with Gasteiger partial charge in [0, 0.05) is 25.2 Å². The molecule has 27 heavy (non-hydrogen) atoms. The molecule has 0 bridgehead atoms. The van der Waals surface area contributed by atoms with Crippen molar-refractivity contribution in [2.24, 2.45) is 11.7 Å². The van der Waals surface area contributed by atoms with Gasteiger partial charge in [-0.2, -0.15) is 13.2 Å². The minimum atomic E-state index is -4.37. The van der Waals surface area contributed by atoms with Crippen molar-refractivity contribution in [1.29, 1.82) is 0 Å². The quantitative estimate of drug-likeness (QED) is 0.787. The van der Waals surface area contributed by atoms with Crippen LogP contribution in [0.5, 0.6) is 0 Å². The lowest BCUT2D eigenvalue weighted by molar-refractivity contribution is -0.137. The van der Waals surface area contributed by atoms with E-state index in [1.165, 1.54) is 12.1 Å². The number of carbonyl (C=O) groups is 1. The van der Waals surface area contributed by atoms with Crippen LogP contribution in [-0.4, -0.2) is 31.7 Å².